The molecule has 7 aromatic carbocycles. The van der Waals surface area contributed by atoms with Crippen molar-refractivity contribution in [3.05, 3.63) is 150 Å². The topological polar surface area (TPSA) is 3.24 Å². The first-order chi connectivity index (χ1) is 21.7. The Balaban J connectivity index is 1.19. The second kappa shape index (κ2) is 10.2. The van der Waals surface area contributed by atoms with E-state index in [1.54, 1.807) is 0 Å². The Morgan fingerprint density at radius 2 is 1.02 bits per heavy atom. The monoisotopic (exact) mass is 579 g/mol. The number of hydrogen-bond acceptors (Lipinski definition) is 1. The number of para-hydroxylation sites is 1. The van der Waals surface area contributed by atoms with E-state index >= 15 is 0 Å². The molecule has 45 heavy (non-hydrogen) atoms. The standard InChI is InChI=1S/C44H37N/c1-28-11-12-29(2)43(21-28)45(37-9-7-6-8-10-37)38-20-17-33-25-40-39-24-32-14-13-31(30-15-18-36(19-16-30)44(3,4)5)22-34(32)26-41(39)42(40)27-35(33)23-38/h6-27H,1-5H3. The molecule has 0 radical (unpaired) electrons. The molecule has 0 saturated carbocycles. The van der Waals surface area contributed by atoms with Gasteiger partial charge in [0.2, 0.25) is 0 Å². The van der Waals surface area contributed by atoms with Crippen LogP contribution in [0.25, 0.3) is 54.9 Å². The van der Waals surface area contributed by atoms with Crippen LogP contribution in [0.5, 0.6) is 0 Å². The second-order valence-electron chi connectivity index (χ2n) is 13.7. The molecule has 7 aromatic rings. The molecular formula is C44H37N. The van der Waals surface area contributed by atoms with Crippen molar-refractivity contribution in [2.75, 3.05) is 4.90 Å². The highest BCUT2D eigenvalue weighted by atomic mass is 15.1. The number of aryl methyl sites for hydroxylation is 2. The van der Waals surface area contributed by atoms with Crippen LogP contribution in [0.2, 0.25) is 0 Å². The van der Waals surface area contributed by atoms with E-state index in [-0.39, 0.29) is 5.41 Å². The van der Waals surface area contributed by atoms with Gasteiger partial charge in [0, 0.05) is 17.1 Å². The van der Waals surface area contributed by atoms with Crippen LogP contribution in [-0.2, 0) is 5.41 Å². The van der Waals surface area contributed by atoms with E-state index in [9.17, 15) is 0 Å². The van der Waals surface area contributed by atoms with Crippen LogP contribution in [0.4, 0.5) is 17.1 Å². The van der Waals surface area contributed by atoms with Gasteiger partial charge in [-0.05, 0) is 152 Å². The molecule has 8 rings (SSSR count). The molecule has 1 aliphatic carbocycles. The zero-order valence-corrected chi connectivity index (χ0v) is 26.6. The van der Waals surface area contributed by atoms with Crippen LogP contribution in [0.3, 0.4) is 0 Å². The third kappa shape index (κ3) is 4.71. The minimum absolute atomic E-state index is 0.155. The average Bonchev–Trinajstić information content (AvgIpc) is 3.05. The number of benzene rings is 7. The van der Waals surface area contributed by atoms with Gasteiger partial charge < -0.3 is 4.90 Å². The van der Waals surface area contributed by atoms with E-state index in [0.29, 0.717) is 0 Å². The summed E-state index contributed by atoms with van der Waals surface area (Å²) in [7, 11) is 0. The lowest BCUT2D eigenvalue weighted by Gasteiger charge is -2.29. The van der Waals surface area contributed by atoms with Gasteiger partial charge in [0.05, 0.1) is 0 Å². The number of rotatable bonds is 4. The maximum absolute atomic E-state index is 2.39. The van der Waals surface area contributed by atoms with Crippen molar-refractivity contribution in [2.24, 2.45) is 0 Å². The number of hydrogen-bond donors (Lipinski definition) is 0. The van der Waals surface area contributed by atoms with E-state index in [1.165, 1.54) is 83.0 Å². The third-order valence-electron chi connectivity index (χ3n) is 9.48. The van der Waals surface area contributed by atoms with Crippen LogP contribution in [-0.4, -0.2) is 0 Å². The lowest BCUT2D eigenvalue weighted by molar-refractivity contribution is 0.590. The van der Waals surface area contributed by atoms with E-state index in [0.717, 1.165) is 5.69 Å². The van der Waals surface area contributed by atoms with Gasteiger partial charge in [-0.15, -0.1) is 0 Å². The summed E-state index contributed by atoms with van der Waals surface area (Å²) in [5, 5.41) is 5.11. The molecule has 0 saturated heterocycles. The van der Waals surface area contributed by atoms with E-state index in [1.807, 2.05) is 0 Å². The molecule has 0 atom stereocenters. The van der Waals surface area contributed by atoms with Crippen LogP contribution in [0.15, 0.2) is 133 Å². The molecule has 0 aromatic heterocycles. The van der Waals surface area contributed by atoms with Crippen molar-refractivity contribution in [3.63, 3.8) is 0 Å². The summed E-state index contributed by atoms with van der Waals surface area (Å²) in [5.74, 6) is 0. The Bertz CT molecular complexity index is 2250. The molecule has 0 spiro atoms. The molecule has 0 heterocycles. The van der Waals surface area contributed by atoms with Crippen molar-refractivity contribution < 1.29 is 0 Å². The third-order valence-corrected chi connectivity index (χ3v) is 9.48. The van der Waals surface area contributed by atoms with E-state index < -0.39 is 0 Å². The van der Waals surface area contributed by atoms with Gasteiger partial charge >= 0.3 is 0 Å². The largest absolute Gasteiger partial charge is 0.310 e. The Morgan fingerprint density at radius 3 is 1.67 bits per heavy atom. The quantitative estimate of drug-likeness (QED) is 0.200. The summed E-state index contributed by atoms with van der Waals surface area (Å²) in [5.41, 5.74) is 15.5. The molecule has 1 aliphatic rings. The zero-order chi connectivity index (χ0) is 30.9. The predicted molar refractivity (Wildman–Crippen MR) is 194 cm³/mol. The van der Waals surface area contributed by atoms with Crippen molar-refractivity contribution in [1.29, 1.82) is 0 Å². The van der Waals surface area contributed by atoms with Gasteiger partial charge in [0.25, 0.3) is 0 Å². The number of anilines is 3. The molecule has 0 bridgehead atoms. The van der Waals surface area contributed by atoms with E-state index in [4.69, 9.17) is 0 Å². The maximum Gasteiger partial charge on any atom is 0.0493 e. The molecule has 218 valence electrons. The molecule has 0 fully saturated rings. The first-order valence-electron chi connectivity index (χ1n) is 15.9. The maximum atomic E-state index is 2.39. The van der Waals surface area contributed by atoms with Gasteiger partial charge in [-0.1, -0.05) is 93.6 Å². The normalized spacial score (nSPS) is 12.1. The Hall–Kier alpha value is -5.14. The lowest BCUT2D eigenvalue weighted by Crippen LogP contribution is -2.11. The molecule has 0 N–H and O–H groups in total. The average molecular weight is 580 g/mol. The Kier molecular flexibility index (Phi) is 6.22. The summed E-state index contributed by atoms with van der Waals surface area (Å²) < 4.78 is 0. The van der Waals surface area contributed by atoms with Crippen molar-refractivity contribution in [2.45, 2.75) is 40.0 Å². The van der Waals surface area contributed by atoms with Crippen molar-refractivity contribution in [1.82, 2.24) is 0 Å². The van der Waals surface area contributed by atoms with Crippen LogP contribution in [0, 0.1) is 13.8 Å². The first kappa shape index (κ1) is 27.4. The Morgan fingerprint density at radius 1 is 0.444 bits per heavy atom. The summed E-state index contributed by atoms with van der Waals surface area (Å²) in [6.07, 6.45) is 0. The van der Waals surface area contributed by atoms with Crippen LogP contribution < -0.4 is 4.90 Å². The zero-order valence-electron chi connectivity index (χ0n) is 26.6. The molecule has 0 unspecified atom stereocenters. The molecule has 0 aliphatic heterocycles. The highest BCUT2D eigenvalue weighted by Gasteiger charge is 2.24. The van der Waals surface area contributed by atoms with Gasteiger partial charge in [-0.2, -0.15) is 0 Å². The summed E-state index contributed by atoms with van der Waals surface area (Å²) in [6.45, 7) is 11.2. The van der Waals surface area contributed by atoms with Crippen molar-refractivity contribution >= 4 is 38.6 Å². The van der Waals surface area contributed by atoms with Crippen LogP contribution in [0.1, 0.15) is 37.5 Å². The minimum atomic E-state index is 0.155. The summed E-state index contributed by atoms with van der Waals surface area (Å²) in [4.78, 5) is 2.39. The molecule has 0 amide bonds. The number of nitrogens with zero attached hydrogens (tertiary/aromatic N) is 1. The summed E-state index contributed by atoms with van der Waals surface area (Å²) >= 11 is 0. The van der Waals surface area contributed by atoms with E-state index in [2.05, 4.69) is 173 Å². The molecule has 1 nitrogen and oxygen atoms in total. The van der Waals surface area contributed by atoms with Gasteiger partial charge in [0.1, 0.15) is 0 Å². The smallest absolute Gasteiger partial charge is 0.0493 e. The van der Waals surface area contributed by atoms with Gasteiger partial charge in [0.15, 0.2) is 0 Å². The fourth-order valence-corrected chi connectivity index (χ4v) is 6.86. The summed E-state index contributed by atoms with van der Waals surface area (Å²) in [6, 6.07) is 49.8. The highest BCUT2D eigenvalue weighted by molar-refractivity contribution is 6.12. The van der Waals surface area contributed by atoms with Crippen LogP contribution >= 0.6 is 0 Å². The Labute approximate surface area is 266 Å². The lowest BCUT2D eigenvalue weighted by atomic mass is 9.77. The second-order valence-corrected chi connectivity index (χ2v) is 13.7. The first-order valence-corrected chi connectivity index (χ1v) is 15.9. The van der Waals surface area contributed by atoms with Gasteiger partial charge in [-0.25, -0.2) is 0 Å². The van der Waals surface area contributed by atoms with Crippen molar-refractivity contribution in [3.8, 4) is 33.4 Å². The SMILES string of the molecule is Cc1ccc(C)c(N(c2ccccc2)c2ccc3cc4c(cc3c2)-c2cc3cc(-c5ccc(C(C)(C)C)cc5)ccc3cc2-4)c1. The predicted octanol–water partition coefficient (Wildman–Crippen LogP) is 12.7. The minimum Gasteiger partial charge on any atom is -0.310 e. The molecular weight excluding hydrogens is 542 g/mol. The fraction of sp³-hybridized carbons (Fsp3) is 0.136. The number of fused-ring (bicyclic) bond motifs is 6. The van der Waals surface area contributed by atoms with Gasteiger partial charge in [-0.3, -0.25) is 0 Å². The molecule has 1 heteroatoms. The highest BCUT2D eigenvalue weighted by Crippen LogP contribution is 2.51. The fourth-order valence-electron chi connectivity index (χ4n) is 6.86.